The molecule has 1 nitrogen and oxygen atoms in total. The lowest BCUT2D eigenvalue weighted by molar-refractivity contribution is 0.468. The molecule has 0 unspecified atom stereocenters. The van der Waals surface area contributed by atoms with Gasteiger partial charge in [0, 0.05) is 6.42 Å². The van der Waals surface area contributed by atoms with Crippen LogP contribution in [0.1, 0.15) is 37.5 Å². The molecule has 0 atom stereocenters. The Morgan fingerprint density at radius 1 is 0.944 bits per heavy atom. The molecule has 1 N–H and O–H groups in total. The van der Waals surface area contributed by atoms with E-state index in [1.807, 2.05) is 24.3 Å². The normalized spacial score (nSPS) is 11.5. The number of hydrogen-bond donors (Lipinski definition) is 1. The van der Waals surface area contributed by atoms with E-state index < -0.39 is 0 Å². The second kappa shape index (κ2) is 4.85. The number of hydrogen-bond acceptors (Lipinski definition) is 1. The molecule has 2 rings (SSSR count). The van der Waals surface area contributed by atoms with Gasteiger partial charge in [-0.05, 0) is 28.2 Å². The van der Waals surface area contributed by atoms with Crippen molar-refractivity contribution >= 4 is 0 Å². The number of phenolic OH excluding ortho intramolecular Hbond substituents is 1. The first-order valence-electron chi connectivity index (χ1n) is 6.33. The molecular formula is C17H20O. The third-order valence-electron chi connectivity index (χ3n) is 3.18. The summed E-state index contributed by atoms with van der Waals surface area (Å²) in [6, 6.07) is 16.2. The fourth-order valence-corrected chi connectivity index (χ4v) is 2.01. The highest BCUT2D eigenvalue weighted by atomic mass is 16.3. The van der Waals surface area contributed by atoms with Crippen LogP contribution in [0.15, 0.2) is 48.5 Å². The molecule has 0 bridgehead atoms. The second-order valence-electron chi connectivity index (χ2n) is 5.76. The molecule has 94 valence electrons. The van der Waals surface area contributed by atoms with Crippen molar-refractivity contribution in [3.05, 3.63) is 65.2 Å². The summed E-state index contributed by atoms with van der Waals surface area (Å²) in [6.45, 7) is 6.56. The van der Waals surface area contributed by atoms with E-state index in [9.17, 15) is 5.11 Å². The molecular weight excluding hydrogens is 220 g/mol. The van der Waals surface area contributed by atoms with Gasteiger partial charge in [0.05, 0.1) is 0 Å². The molecule has 2 aromatic carbocycles. The average Bonchev–Trinajstić information content (AvgIpc) is 2.32. The topological polar surface area (TPSA) is 20.2 Å². The lowest BCUT2D eigenvalue weighted by Gasteiger charge is -2.20. The summed E-state index contributed by atoms with van der Waals surface area (Å²) in [5.74, 6) is 0.381. The zero-order valence-corrected chi connectivity index (χ0v) is 11.3. The van der Waals surface area contributed by atoms with Crippen LogP contribution in [0.3, 0.4) is 0 Å². The van der Waals surface area contributed by atoms with Crippen LogP contribution >= 0.6 is 0 Å². The lowest BCUT2D eigenvalue weighted by atomic mass is 9.85. The van der Waals surface area contributed by atoms with Crippen molar-refractivity contribution in [3.63, 3.8) is 0 Å². The van der Waals surface area contributed by atoms with Gasteiger partial charge in [-0.15, -0.1) is 0 Å². The Morgan fingerprint density at radius 3 is 2.22 bits per heavy atom. The Labute approximate surface area is 109 Å². The highest BCUT2D eigenvalue weighted by Crippen LogP contribution is 2.28. The minimum absolute atomic E-state index is 0.110. The SMILES string of the molecule is CC(C)(C)c1ccc(O)c(Cc2ccccc2)c1. The molecule has 0 amide bonds. The maximum absolute atomic E-state index is 9.96. The molecule has 0 radical (unpaired) electrons. The Balaban J connectivity index is 2.33. The number of aromatic hydroxyl groups is 1. The predicted octanol–water partition coefficient (Wildman–Crippen LogP) is 4.28. The van der Waals surface area contributed by atoms with Crippen molar-refractivity contribution < 1.29 is 5.11 Å². The van der Waals surface area contributed by atoms with Crippen molar-refractivity contribution in [1.29, 1.82) is 0 Å². The van der Waals surface area contributed by atoms with Crippen molar-refractivity contribution in [3.8, 4) is 5.75 Å². The standard InChI is InChI=1S/C17H20O/c1-17(2,3)15-9-10-16(18)14(12-15)11-13-7-5-4-6-8-13/h4-10,12,18H,11H2,1-3H3. The summed E-state index contributed by atoms with van der Waals surface area (Å²) in [4.78, 5) is 0. The smallest absolute Gasteiger partial charge is 0.119 e. The molecule has 0 aliphatic carbocycles. The third-order valence-corrected chi connectivity index (χ3v) is 3.18. The monoisotopic (exact) mass is 240 g/mol. The van der Waals surface area contributed by atoms with Gasteiger partial charge in [0.2, 0.25) is 0 Å². The Morgan fingerprint density at radius 2 is 1.61 bits per heavy atom. The molecule has 0 saturated heterocycles. The number of benzene rings is 2. The molecule has 18 heavy (non-hydrogen) atoms. The average molecular weight is 240 g/mol. The summed E-state index contributed by atoms with van der Waals surface area (Å²) in [6.07, 6.45) is 0.774. The van der Waals surface area contributed by atoms with Crippen molar-refractivity contribution in [2.24, 2.45) is 0 Å². The minimum Gasteiger partial charge on any atom is -0.508 e. The van der Waals surface area contributed by atoms with Crippen LogP contribution < -0.4 is 0 Å². The fourth-order valence-electron chi connectivity index (χ4n) is 2.01. The second-order valence-corrected chi connectivity index (χ2v) is 5.76. The molecule has 0 fully saturated rings. The van der Waals surface area contributed by atoms with E-state index in [0.717, 1.165) is 12.0 Å². The van der Waals surface area contributed by atoms with Crippen LogP contribution in [-0.4, -0.2) is 5.11 Å². The fraction of sp³-hybridized carbons (Fsp3) is 0.294. The Hall–Kier alpha value is -1.76. The highest BCUT2D eigenvalue weighted by molar-refractivity contribution is 5.41. The summed E-state index contributed by atoms with van der Waals surface area (Å²) < 4.78 is 0. The van der Waals surface area contributed by atoms with E-state index in [1.165, 1.54) is 11.1 Å². The molecule has 0 spiro atoms. The first-order chi connectivity index (χ1) is 8.47. The van der Waals surface area contributed by atoms with Crippen LogP contribution in [0.5, 0.6) is 5.75 Å². The number of phenols is 1. The van der Waals surface area contributed by atoms with Gasteiger partial charge in [0.15, 0.2) is 0 Å². The van der Waals surface area contributed by atoms with E-state index in [2.05, 4.69) is 39.0 Å². The zero-order valence-electron chi connectivity index (χ0n) is 11.3. The number of rotatable bonds is 2. The lowest BCUT2D eigenvalue weighted by Crippen LogP contribution is -2.11. The summed E-state index contributed by atoms with van der Waals surface area (Å²) in [5, 5.41) is 9.96. The van der Waals surface area contributed by atoms with Crippen LogP contribution in [0.25, 0.3) is 0 Å². The van der Waals surface area contributed by atoms with Gasteiger partial charge in [-0.1, -0.05) is 63.2 Å². The molecule has 2 aromatic rings. The largest absolute Gasteiger partial charge is 0.508 e. The van der Waals surface area contributed by atoms with Gasteiger partial charge in [0.25, 0.3) is 0 Å². The van der Waals surface area contributed by atoms with Gasteiger partial charge in [0.1, 0.15) is 5.75 Å². The van der Waals surface area contributed by atoms with Crippen molar-refractivity contribution in [2.45, 2.75) is 32.6 Å². The van der Waals surface area contributed by atoms with E-state index in [0.29, 0.717) is 5.75 Å². The molecule has 0 saturated carbocycles. The van der Waals surface area contributed by atoms with Crippen LogP contribution in [0.2, 0.25) is 0 Å². The van der Waals surface area contributed by atoms with Crippen LogP contribution in [-0.2, 0) is 11.8 Å². The van der Waals surface area contributed by atoms with E-state index >= 15 is 0 Å². The quantitative estimate of drug-likeness (QED) is 0.830. The highest BCUT2D eigenvalue weighted by Gasteiger charge is 2.15. The van der Waals surface area contributed by atoms with Gasteiger partial charge in [-0.2, -0.15) is 0 Å². The molecule has 0 aliphatic rings. The summed E-state index contributed by atoms with van der Waals surface area (Å²) >= 11 is 0. The first-order valence-corrected chi connectivity index (χ1v) is 6.33. The van der Waals surface area contributed by atoms with Gasteiger partial charge < -0.3 is 5.11 Å². The maximum Gasteiger partial charge on any atom is 0.119 e. The van der Waals surface area contributed by atoms with Gasteiger partial charge in [-0.25, -0.2) is 0 Å². The molecule has 0 aromatic heterocycles. The molecule has 1 heteroatoms. The van der Waals surface area contributed by atoms with Gasteiger partial charge in [-0.3, -0.25) is 0 Å². The zero-order chi connectivity index (χ0) is 13.2. The predicted molar refractivity (Wildman–Crippen MR) is 76.1 cm³/mol. The summed E-state index contributed by atoms with van der Waals surface area (Å²) in [7, 11) is 0. The van der Waals surface area contributed by atoms with Crippen molar-refractivity contribution in [2.75, 3.05) is 0 Å². The third kappa shape index (κ3) is 2.92. The Bertz CT molecular complexity index is 521. The van der Waals surface area contributed by atoms with Crippen LogP contribution in [0, 0.1) is 0 Å². The van der Waals surface area contributed by atoms with E-state index in [4.69, 9.17) is 0 Å². The minimum atomic E-state index is 0.110. The van der Waals surface area contributed by atoms with Gasteiger partial charge >= 0.3 is 0 Å². The molecule has 0 heterocycles. The Kier molecular flexibility index (Phi) is 3.42. The maximum atomic E-state index is 9.96. The van der Waals surface area contributed by atoms with Crippen LogP contribution in [0.4, 0.5) is 0 Å². The first kappa shape index (κ1) is 12.7. The molecule has 0 aliphatic heterocycles. The summed E-state index contributed by atoms with van der Waals surface area (Å²) in [5.41, 5.74) is 3.58. The van der Waals surface area contributed by atoms with E-state index in [1.54, 1.807) is 6.07 Å². The van der Waals surface area contributed by atoms with Crippen molar-refractivity contribution in [1.82, 2.24) is 0 Å². The van der Waals surface area contributed by atoms with E-state index in [-0.39, 0.29) is 5.41 Å².